The molecule has 0 amide bonds. The minimum absolute atomic E-state index is 0.220. The standard InChI is InChI=1S/C10H18N2O/c1-7(2)9-11-8(12-13-9)6-10(3,4)5/h7H,6H2,1-5H3. The molecular weight excluding hydrogens is 164 g/mol. The van der Waals surface area contributed by atoms with E-state index in [4.69, 9.17) is 4.52 Å². The first-order valence-electron chi connectivity index (χ1n) is 4.71. The van der Waals surface area contributed by atoms with Gasteiger partial charge in [-0.3, -0.25) is 0 Å². The zero-order valence-corrected chi connectivity index (χ0v) is 9.09. The molecule has 3 nitrogen and oxygen atoms in total. The van der Waals surface area contributed by atoms with E-state index in [2.05, 4.69) is 30.9 Å². The summed E-state index contributed by atoms with van der Waals surface area (Å²) in [5.74, 6) is 1.87. The van der Waals surface area contributed by atoms with Gasteiger partial charge in [-0.25, -0.2) is 0 Å². The number of nitrogens with zero attached hydrogens (tertiary/aromatic N) is 2. The molecule has 0 bridgehead atoms. The molecule has 0 N–H and O–H groups in total. The largest absolute Gasteiger partial charge is 0.339 e. The molecule has 0 unspecified atom stereocenters. The lowest BCUT2D eigenvalue weighted by molar-refractivity contribution is 0.347. The summed E-state index contributed by atoms with van der Waals surface area (Å²) in [6.45, 7) is 10.6. The Labute approximate surface area is 79.5 Å². The molecule has 0 atom stereocenters. The van der Waals surface area contributed by atoms with E-state index in [1.165, 1.54) is 0 Å². The Bertz CT molecular complexity index is 271. The third-order valence-electron chi connectivity index (χ3n) is 1.67. The Kier molecular flexibility index (Phi) is 2.74. The molecule has 0 spiro atoms. The fraction of sp³-hybridized carbons (Fsp3) is 0.800. The van der Waals surface area contributed by atoms with Gasteiger partial charge in [-0.05, 0) is 5.41 Å². The number of hydrogen-bond donors (Lipinski definition) is 0. The summed E-state index contributed by atoms with van der Waals surface area (Å²) in [4.78, 5) is 4.32. The highest BCUT2D eigenvalue weighted by Gasteiger charge is 2.16. The zero-order chi connectivity index (χ0) is 10.1. The van der Waals surface area contributed by atoms with Gasteiger partial charge in [-0.1, -0.05) is 39.8 Å². The van der Waals surface area contributed by atoms with Crippen molar-refractivity contribution in [3.8, 4) is 0 Å². The van der Waals surface area contributed by atoms with E-state index in [-0.39, 0.29) is 5.41 Å². The molecule has 0 saturated carbocycles. The predicted octanol–water partition coefficient (Wildman–Crippen LogP) is 2.78. The maximum atomic E-state index is 5.11. The first-order chi connectivity index (χ1) is 5.88. The Balaban J connectivity index is 2.70. The summed E-state index contributed by atoms with van der Waals surface area (Å²) in [6.07, 6.45) is 0.864. The second-order valence-corrected chi connectivity index (χ2v) is 4.94. The van der Waals surface area contributed by atoms with E-state index in [0.717, 1.165) is 18.1 Å². The third kappa shape index (κ3) is 3.17. The Hall–Kier alpha value is -0.860. The lowest BCUT2D eigenvalue weighted by Gasteiger charge is -2.14. The van der Waals surface area contributed by atoms with Crippen LogP contribution in [0.15, 0.2) is 4.52 Å². The van der Waals surface area contributed by atoms with Gasteiger partial charge in [0.05, 0.1) is 0 Å². The lowest BCUT2D eigenvalue weighted by atomic mass is 9.92. The molecule has 0 aliphatic rings. The second-order valence-electron chi connectivity index (χ2n) is 4.94. The summed E-state index contributed by atoms with van der Waals surface area (Å²) < 4.78 is 5.11. The van der Waals surface area contributed by atoms with Crippen molar-refractivity contribution in [2.45, 2.75) is 47.0 Å². The maximum absolute atomic E-state index is 5.11. The average molecular weight is 182 g/mol. The van der Waals surface area contributed by atoms with Crippen molar-refractivity contribution in [1.82, 2.24) is 10.1 Å². The van der Waals surface area contributed by atoms with Crippen LogP contribution in [0.5, 0.6) is 0 Å². The van der Waals surface area contributed by atoms with Gasteiger partial charge in [-0.2, -0.15) is 4.98 Å². The van der Waals surface area contributed by atoms with E-state index in [1.54, 1.807) is 0 Å². The highest BCUT2D eigenvalue weighted by molar-refractivity contribution is 4.93. The van der Waals surface area contributed by atoms with Gasteiger partial charge in [0.25, 0.3) is 0 Å². The van der Waals surface area contributed by atoms with Crippen molar-refractivity contribution in [3.05, 3.63) is 11.7 Å². The van der Waals surface area contributed by atoms with Crippen molar-refractivity contribution >= 4 is 0 Å². The minimum Gasteiger partial charge on any atom is -0.339 e. The van der Waals surface area contributed by atoms with Crippen molar-refractivity contribution < 1.29 is 4.52 Å². The molecule has 0 aliphatic carbocycles. The van der Waals surface area contributed by atoms with Crippen molar-refractivity contribution in [3.63, 3.8) is 0 Å². The Morgan fingerprint density at radius 1 is 1.31 bits per heavy atom. The van der Waals surface area contributed by atoms with Gasteiger partial charge in [0.1, 0.15) is 0 Å². The number of hydrogen-bond acceptors (Lipinski definition) is 3. The molecule has 13 heavy (non-hydrogen) atoms. The van der Waals surface area contributed by atoms with Crippen molar-refractivity contribution in [2.75, 3.05) is 0 Å². The first kappa shape index (κ1) is 10.2. The van der Waals surface area contributed by atoms with E-state index in [1.807, 2.05) is 13.8 Å². The van der Waals surface area contributed by atoms with Gasteiger partial charge in [0.2, 0.25) is 5.89 Å². The van der Waals surface area contributed by atoms with Crippen LogP contribution in [0.3, 0.4) is 0 Å². The van der Waals surface area contributed by atoms with Crippen LogP contribution < -0.4 is 0 Å². The number of rotatable bonds is 2. The normalized spacial score (nSPS) is 12.5. The summed E-state index contributed by atoms with van der Waals surface area (Å²) in [6, 6.07) is 0. The van der Waals surface area contributed by atoms with Crippen LogP contribution in [0.4, 0.5) is 0 Å². The van der Waals surface area contributed by atoms with E-state index < -0.39 is 0 Å². The van der Waals surface area contributed by atoms with Gasteiger partial charge < -0.3 is 4.52 Å². The van der Waals surface area contributed by atoms with Crippen LogP contribution in [0.1, 0.15) is 52.3 Å². The summed E-state index contributed by atoms with van der Waals surface area (Å²) in [5, 5.41) is 3.94. The molecule has 0 fully saturated rings. The first-order valence-corrected chi connectivity index (χ1v) is 4.71. The molecule has 0 aromatic carbocycles. The number of aromatic nitrogens is 2. The fourth-order valence-corrected chi connectivity index (χ4v) is 1.05. The van der Waals surface area contributed by atoms with Gasteiger partial charge >= 0.3 is 0 Å². The molecule has 3 heteroatoms. The molecule has 1 rings (SSSR count). The second kappa shape index (κ2) is 3.48. The topological polar surface area (TPSA) is 38.9 Å². The minimum atomic E-state index is 0.220. The maximum Gasteiger partial charge on any atom is 0.229 e. The zero-order valence-electron chi connectivity index (χ0n) is 9.09. The highest BCUT2D eigenvalue weighted by Crippen LogP contribution is 2.20. The van der Waals surface area contributed by atoms with Crippen LogP contribution in [-0.4, -0.2) is 10.1 Å². The Morgan fingerprint density at radius 3 is 2.31 bits per heavy atom. The predicted molar refractivity (Wildman–Crippen MR) is 51.5 cm³/mol. The van der Waals surface area contributed by atoms with Crippen molar-refractivity contribution in [1.29, 1.82) is 0 Å². The molecule has 1 heterocycles. The van der Waals surface area contributed by atoms with Crippen LogP contribution in [-0.2, 0) is 6.42 Å². The summed E-state index contributed by atoms with van der Waals surface area (Å²) in [7, 11) is 0. The Morgan fingerprint density at radius 2 is 1.92 bits per heavy atom. The molecule has 1 aromatic heterocycles. The molecule has 0 radical (unpaired) electrons. The molecular formula is C10H18N2O. The highest BCUT2D eigenvalue weighted by atomic mass is 16.5. The van der Waals surface area contributed by atoms with Gasteiger partial charge in [0.15, 0.2) is 5.82 Å². The summed E-state index contributed by atoms with van der Waals surface area (Å²) >= 11 is 0. The average Bonchev–Trinajstić information content (AvgIpc) is 2.31. The lowest BCUT2D eigenvalue weighted by Crippen LogP contribution is -2.10. The van der Waals surface area contributed by atoms with Gasteiger partial charge in [-0.15, -0.1) is 0 Å². The quantitative estimate of drug-likeness (QED) is 0.706. The molecule has 0 saturated heterocycles. The van der Waals surface area contributed by atoms with Gasteiger partial charge in [0, 0.05) is 12.3 Å². The van der Waals surface area contributed by atoms with Crippen LogP contribution in [0, 0.1) is 5.41 Å². The van der Waals surface area contributed by atoms with Crippen LogP contribution >= 0.6 is 0 Å². The molecule has 74 valence electrons. The molecule has 0 aliphatic heterocycles. The van der Waals surface area contributed by atoms with Crippen molar-refractivity contribution in [2.24, 2.45) is 5.41 Å². The van der Waals surface area contributed by atoms with E-state index in [9.17, 15) is 0 Å². The fourth-order valence-electron chi connectivity index (χ4n) is 1.05. The summed E-state index contributed by atoms with van der Waals surface area (Å²) in [5.41, 5.74) is 0.220. The molecule has 1 aromatic rings. The SMILES string of the molecule is CC(C)c1nc(CC(C)(C)C)no1. The third-order valence-corrected chi connectivity index (χ3v) is 1.67. The van der Waals surface area contributed by atoms with E-state index in [0.29, 0.717) is 5.92 Å². The van der Waals surface area contributed by atoms with Crippen LogP contribution in [0.25, 0.3) is 0 Å². The monoisotopic (exact) mass is 182 g/mol. The van der Waals surface area contributed by atoms with E-state index >= 15 is 0 Å². The van der Waals surface area contributed by atoms with Crippen LogP contribution in [0.2, 0.25) is 0 Å². The smallest absolute Gasteiger partial charge is 0.229 e.